The van der Waals surface area contributed by atoms with Gasteiger partial charge in [-0.1, -0.05) is 309 Å². The predicted octanol–water partition coefficient (Wildman–Crippen LogP) is 24.9. The second-order valence-electron chi connectivity index (χ2n) is 28.4. The first-order valence-corrected chi connectivity index (χ1v) is 39.1. The van der Waals surface area contributed by atoms with Crippen LogP contribution in [0.1, 0.15) is 0 Å². The maximum Gasteiger partial charge on any atom is 0.488 e. The third-order valence-electron chi connectivity index (χ3n) is 21.3. The minimum atomic E-state index is -1.44. The lowest BCUT2D eigenvalue weighted by atomic mass is 9.80. The molecule has 116 heavy (non-hydrogen) atoms. The van der Waals surface area contributed by atoms with E-state index in [0.29, 0.717) is 40.4 Å². The Morgan fingerprint density at radius 3 is 0.922 bits per heavy atom. The molecule has 548 valence electrons. The minimum Gasteiger partial charge on any atom is -0.455 e. The highest BCUT2D eigenvalue weighted by Gasteiger charge is 2.23. The molecule has 0 aliphatic rings. The average Bonchev–Trinajstić information content (AvgIpc) is 1.60. The summed E-state index contributed by atoms with van der Waals surface area (Å²) >= 11 is 3.61. The third kappa shape index (κ3) is 13.2. The van der Waals surface area contributed by atoms with Gasteiger partial charge >= 0.3 is 7.12 Å². The summed E-state index contributed by atoms with van der Waals surface area (Å²) in [4.78, 5) is 29.4. The summed E-state index contributed by atoms with van der Waals surface area (Å²) in [5.41, 5.74) is 22.7. The second-order valence-corrected chi connectivity index (χ2v) is 29.2. The van der Waals surface area contributed by atoms with E-state index in [2.05, 4.69) is 231 Å². The van der Waals surface area contributed by atoms with Crippen molar-refractivity contribution in [3.63, 3.8) is 0 Å². The number of benzene rings is 16. The van der Waals surface area contributed by atoms with Crippen molar-refractivity contribution in [2.24, 2.45) is 0 Å². The standard InChI is InChI=1S/C51H32N4O.C27H16BrN3O.C24H18BNO2/c1-4-14-35(15-5-1)49-52-50(36-16-6-2-7-17-36)54-51(53-49)43-24-13-23-42-41-22-12-21-39(47(41)56-48(42)43)34-28-26-33(27-29-34)37-30-31-46-44(32-37)40-20-10-11-25-45(40)55(46)38-18-8-3-9-19-38;28-22-16-8-14-20-19-13-7-15-21(23(19)32-24(20)22)27-30-25(17-9-3-1-4-10-17)29-26(31-27)18-11-5-2-6-12-18;27-25(28)19-13-10-17(11-14-19)18-12-15-24-22(16-18)21-8-4-5-9-23(21)26(24)20-6-2-1-3-7-20/h1-32H;1-16H;1-16,27-28H. The Morgan fingerprint density at radius 2 is 0.517 bits per heavy atom. The summed E-state index contributed by atoms with van der Waals surface area (Å²) in [6.45, 7) is 0. The molecule has 12 nitrogen and oxygen atoms in total. The molecular formula is C102H66BBrN8O4. The number of fused-ring (bicyclic) bond motifs is 12. The molecule has 2 N–H and O–H groups in total. The van der Waals surface area contributed by atoms with E-state index in [-0.39, 0.29) is 0 Å². The normalized spacial score (nSPS) is 11.4. The largest absolute Gasteiger partial charge is 0.488 e. The quantitative estimate of drug-likeness (QED) is 0.113. The summed E-state index contributed by atoms with van der Waals surface area (Å²) in [5, 5.41) is 27.6. The first kappa shape index (κ1) is 70.3. The van der Waals surface area contributed by atoms with Crippen LogP contribution in [0.4, 0.5) is 0 Å². The van der Waals surface area contributed by atoms with E-state index in [9.17, 15) is 10.0 Å². The Bertz CT molecular complexity index is 7300. The molecule has 0 atom stereocenters. The SMILES string of the molecule is Brc1cccc2c1oc1c(-c3nc(-c4ccccc4)nc(-c4ccccc4)n3)cccc12.OB(O)c1ccc(-c2ccc3c(c2)c2ccccc2n3-c2ccccc2)cc1.c1ccc(-c2nc(-c3ccccc3)nc(-c3cccc4c3oc3c(-c5ccc(-c6ccc7c(c6)c6ccccc6n7-c6ccccc6)cc5)cccc34)n2)cc1. The maximum absolute atomic E-state index is 9.31. The number of hydrogen-bond acceptors (Lipinski definition) is 10. The van der Waals surface area contributed by atoms with Crippen LogP contribution in [0.3, 0.4) is 0 Å². The van der Waals surface area contributed by atoms with Crippen molar-refractivity contribution in [1.29, 1.82) is 0 Å². The molecule has 0 saturated carbocycles. The number of furan rings is 2. The smallest absolute Gasteiger partial charge is 0.455 e. The zero-order valence-electron chi connectivity index (χ0n) is 62.2. The van der Waals surface area contributed by atoms with E-state index in [4.69, 9.17) is 38.7 Å². The molecule has 16 aromatic carbocycles. The Hall–Kier alpha value is -14.8. The van der Waals surface area contributed by atoms with Gasteiger partial charge in [0.1, 0.15) is 22.3 Å². The van der Waals surface area contributed by atoms with Gasteiger partial charge in [0, 0.05) is 82.3 Å². The molecule has 0 fully saturated rings. The summed E-state index contributed by atoms with van der Waals surface area (Å²) < 4.78 is 18.7. The molecule has 0 amide bonds. The highest BCUT2D eigenvalue weighted by Crippen LogP contribution is 2.44. The fourth-order valence-corrected chi connectivity index (χ4v) is 16.2. The first-order valence-electron chi connectivity index (χ1n) is 38.3. The van der Waals surface area contributed by atoms with Gasteiger partial charge in [-0.15, -0.1) is 0 Å². The monoisotopic (exact) mass is 1560 g/mol. The van der Waals surface area contributed by atoms with Gasteiger partial charge in [0.15, 0.2) is 34.9 Å². The van der Waals surface area contributed by atoms with Crippen molar-refractivity contribution in [3.8, 4) is 113 Å². The molecule has 0 unspecified atom stereocenters. The van der Waals surface area contributed by atoms with Crippen molar-refractivity contribution in [1.82, 2.24) is 39.0 Å². The zero-order valence-corrected chi connectivity index (χ0v) is 63.8. The Labute approximate surface area is 675 Å². The zero-order chi connectivity index (χ0) is 77.6. The highest BCUT2D eigenvalue weighted by atomic mass is 79.9. The lowest BCUT2D eigenvalue weighted by Crippen LogP contribution is -2.29. The van der Waals surface area contributed by atoms with Crippen LogP contribution in [0.2, 0.25) is 0 Å². The van der Waals surface area contributed by atoms with Crippen LogP contribution in [0, 0.1) is 0 Å². The van der Waals surface area contributed by atoms with E-state index in [1.807, 2.05) is 170 Å². The van der Waals surface area contributed by atoms with Crippen LogP contribution >= 0.6 is 15.9 Å². The second kappa shape index (κ2) is 30.4. The number of para-hydroxylation sites is 8. The van der Waals surface area contributed by atoms with Gasteiger partial charge in [-0.05, 0) is 128 Å². The highest BCUT2D eigenvalue weighted by molar-refractivity contribution is 9.10. The van der Waals surface area contributed by atoms with Gasteiger partial charge in [0.05, 0.1) is 37.7 Å². The number of nitrogens with zero attached hydrogens (tertiary/aromatic N) is 8. The van der Waals surface area contributed by atoms with Crippen LogP contribution in [-0.4, -0.2) is 56.2 Å². The maximum atomic E-state index is 9.31. The van der Waals surface area contributed by atoms with Gasteiger partial charge < -0.3 is 28.0 Å². The minimum absolute atomic E-state index is 0.491. The molecule has 0 bridgehead atoms. The fourth-order valence-electron chi connectivity index (χ4n) is 15.7. The van der Waals surface area contributed by atoms with Gasteiger partial charge in [-0.3, -0.25) is 0 Å². The van der Waals surface area contributed by atoms with Gasteiger partial charge in [0.2, 0.25) is 0 Å². The topological polar surface area (TPSA) is 154 Å². The summed E-state index contributed by atoms with van der Waals surface area (Å²) in [6.07, 6.45) is 0. The molecule has 0 spiro atoms. The van der Waals surface area contributed by atoms with Gasteiger partial charge in [-0.25, -0.2) is 29.9 Å². The lowest BCUT2D eigenvalue weighted by Gasteiger charge is -2.09. The molecular weight excluding hydrogens is 1490 g/mol. The van der Waals surface area contributed by atoms with Gasteiger partial charge in [0.25, 0.3) is 0 Å². The summed E-state index contributed by atoms with van der Waals surface area (Å²) in [5.74, 6) is 3.64. The van der Waals surface area contributed by atoms with E-state index in [1.165, 1.54) is 49.2 Å². The van der Waals surface area contributed by atoms with Crippen molar-refractivity contribution < 1.29 is 18.9 Å². The van der Waals surface area contributed by atoms with Crippen LogP contribution in [0.15, 0.2) is 402 Å². The third-order valence-corrected chi connectivity index (χ3v) is 22.0. The molecule has 6 heterocycles. The molecule has 0 saturated heterocycles. The Balaban J connectivity index is 0.000000122. The number of aromatic nitrogens is 8. The van der Waals surface area contributed by atoms with E-state index >= 15 is 0 Å². The Kier molecular flexibility index (Phi) is 18.4. The lowest BCUT2D eigenvalue weighted by molar-refractivity contribution is 0.426. The van der Waals surface area contributed by atoms with E-state index < -0.39 is 7.12 Å². The van der Waals surface area contributed by atoms with Gasteiger partial charge in [-0.2, -0.15) is 0 Å². The van der Waals surface area contributed by atoms with Crippen molar-refractivity contribution in [2.45, 2.75) is 0 Å². The van der Waals surface area contributed by atoms with Crippen LogP contribution < -0.4 is 5.46 Å². The molecule has 14 heteroatoms. The number of rotatable bonds is 12. The molecule has 0 radical (unpaired) electrons. The van der Waals surface area contributed by atoms with Crippen molar-refractivity contribution in [2.75, 3.05) is 0 Å². The predicted molar refractivity (Wildman–Crippen MR) is 476 cm³/mol. The first-order chi connectivity index (χ1) is 57.3. The van der Waals surface area contributed by atoms with E-state index in [1.54, 1.807) is 12.1 Å². The Morgan fingerprint density at radius 1 is 0.224 bits per heavy atom. The fraction of sp³-hybridized carbons (Fsp3) is 0. The van der Waals surface area contributed by atoms with Crippen molar-refractivity contribution >= 4 is 116 Å². The van der Waals surface area contributed by atoms with E-state index in [0.717, 1.165) is 121 Å². The molecule has 22 rings (SSSR count). The van der Waals surface area contributed by atoms with Crippen LogP contribution in [-0.2, 0) is 0 Å². The molecule has 6 aromatic heterocycles. The summed E-state index contributed by atoms with van der Waals surface area (Å²) in [7, 11) is -1.44. The summed E-state index contributed by atoms with van der Waals surface area (Å²) in [6, 6.07) is 132. The molecule has 0 aliphatic heterocycles. The number of halogens is 1. The van der Waals surface area contributed by atoms with Crippen LogP contribution in [0.5, 0.6) is 0 Å². The van der Waals surface area contributed by atoms with Crippen molar-refractivity contribution in [3.05, 3.63) is 393 Å². The molecule has 22 aromatic rings. The van der Waals surface area contributed by atoms with Crippen LogP contribution in [0.25, 0.3) is 201 Å². The number of hydrogen-bond donors (Lipinski definition) is 2. The molecule has 0 aliphatic carbocycles. The average molecular weight is 1560 g/mol.